The SMILES string of the molecule is COc1c(CCC(O)C(CCN2C(=O)c3ccccc3C2=O)C(=O)O)ccc(-c2ccccc2)c1F. The van der Waals surface area contributed by atoms with Gasteiger partial charge in [-0.2, -0.15) is 0 Å². The molecule has 186 valence electrons. The number of nitrogens with zero attached hydrogens (tertiary/aromatic N) is 1. The molecule has 8 heteroatoms. The normalized spacial score (nSPS) is 14.5. The van der Waals surface area contributed by atoms with E-state index < -0.39 is 35.6 Å². The number of fused-ring (bicyclic) bond motifs is 1. The number of aliphatic hydroxyl groups is 1. The van der Waals surface area contributed by atoms with Crippen LogP contribution in [0.4, 0.5) is 4.39 Å². The Labute approximate surface area is 207 Å². The predicted molar refractivity (Wildman–Crippen MR) is 130 cm³/mol. The number of imide groups is 1. The van der Waals surface area contributed by atoms with E-state index in [2.05, 4.69) is 0 Å². The number of carboxylic acid groups (broad SMARTS) is 1. The van der Waals surface area contributed by atoms with E-state index in [1.54, 1.807) is 60.7 Å². The quantitative estimate of drug-likeness (QED) is 0.413. The molecule has 2 N–H and O–H groups in total. The number of halogens is 1. The van der Waals surface area contributed by atoms with Crippen molar-refractivity contribution >= 4 is 17.8 Å². The van der Waals surface area contributed by atoms with Crippen LogP contribution in [0, 0.1) is 11.7 Å². The van der Waals surface area contributed by atoms with E-state index in [1.807, 2.05) is 6.07 Å². The minimum atomic E-state index is -1.28. The van der Waals surface area contributed by atoms with E-state index in [4.69, 9.17) is 4.74 Å². The number of aryl methyl sites for hydroxylation is 1. The molecule has 0 saturated heterocycles. The molecule has 1 aliphatic rings. The van der Waals surface area contributed by atoms with Crippen molar-refractivity contribution in [2.75, 3.05) is 13.7 Å². The fourth-order valence-electron chi connectivity index (χ4n) is 4.55. The first kappa shape index (κ1) is 25.1. The Balaban J connectivity index is 1.43. The summed E-state index contributed by atoms with van der Waals surface area (Å²) in [6, 6.07) is 18.8. The van der Waals surface area contributed by atoms with Gasteiger partial charge in [-0.1, -0.05) is 54.6 Å². The zero-order valence-corrected chi connectivity index (χ0v) is 19.7. The smallest absolute Gasteiger partial charge is 0.309 e. The van der Waals surface area contributed by atoms with Gasteiger partial charge >= 0.3 is 5.97 Å². The topological polar surface area (TPSA) is 104 Å². The van der Waals surface area contributed by atoms with Gasteiger partial charge in [-0.3, -0.25) is 19.3 Å². The number of hydrogen-bond acceptors (Lipinski definition) is 5. The summed E-state index contributed by atoms with van der Waals surface area (Å²) in [7, 11) is 1.36. The summed E-state index contributed by atoms with van der Waals surface area (Å²) in [5.74, 6) is -3.90. The molecule has 2 amide bonds. The van der Waals surface area contributed by atoms with Crippen molar-refractivity contribution in [1.29, 1.82) is 0 Å². The van der Waals surface area contributed by atoms with E-state index in [0.29, 0.717) is 16.7 Å². The van der Waals surface area contributed by atoms with Crippen molar-refractivity contribution in [3.8, 4) is 16.9 Å². The van der Waals surface area contributed by atoms with Gasteiger partial charge in [0.25, 0.3) is 11.8 Å². The number of benzene rings is 3. The van der Waals surface area contributed by atoms with Crippen LogP contribution in [0.15, 0.2) is 66.7 Å². The third-order valence-electron chi connectivity index (χ3n) is 6.50. The second kappa shape index (κ2) is 10.7. The molecule has 0 fully saturated rings. The van der Waals surface area contributed by atoms with Crippen LogP contribution in [0.25, 0.3) is 11.1 Å². The second-order valence-electron chi connectivity index (χ2n) is 8.63. The highest BCUT2D eigenvalue weighted by atomic mass is 19.1. The number of carboxylic acids is 1. The fourth-order valence-corrected chi connectivity index (χ4v) is 4.55. The first-order valence-corrected chi connectivity index (χ1v) is 11.6. The van der Waals surface area contributed by atoms with Gasteiger partial charge in [0.1, 0.15) is 0 Å². The standard InChI is InChI=1S/C28H26FNO6/c1-36-25-18(11-13-19(24(25)29)17-7-3-2-4-8-17)12-14-23(31)22(28(34)35)15-16-30-26(32)20-9-5-6-10-21(20)27(30)33/h2-11,13,22-23,31H,12,14-16H2,1H3,(H,34,35). The Morgan fingerprint density at radius 1 is 0.917 bits per heavy atom. The lowest BCUT2D eigenvalue weighted by molar-refractivity contribution is -0.146. The van der Waals surface area contributed by atoms with Crippen molar-refractivity contribution in [3.63, 3.8) is 0 Å². The summed E-state index contributed by atoms with van der Waals surface area (Å²) < 4.78 is 20.5. The van der Waals surface area contributed by atoms with Gasteiger partial charge in [-0.15, -0.1) is 0 Å². The number of amides is 2. The lowest BCUT2D eigenvalue weighted by atomic mass is 9.92. The highest BCUT2D eigenvalue weighted by molar-refractivity contribution is 6.21. The van der Waals surface area contributed by atoms with Gasteiger partial charge in [0.05, 0.1) is 30.3 Å². The molecule has 1 heterocycles. The summed E-state index contributed by atoms with van der Waals surface area (Å²) in [5.41, 5.74) is 2.13. The van der Waals surface area contributed by atoms with Crippen molar-refractivity contribution in [2.45, 2.75) is 25.4 Å². The summed E-state index contributed by atoms with van der Waals surface area (Å²) in [6.45, 7) is -0.135. The fraction of sp³-hybridized carbons (Fsp3) is 0.250. The Hall–Kier alpha value is -4.04. The molecule has 36 heavy (non-hydrogen) atoms. The molecule has 1 aliphatic heterocycles. The van der Waals surface area contributed by atoms with Crippen LogP contribution >= 0.6 is 0 Å². The minimum absolute atomic E-state index is 0.0273. The van der Waals surface area contributed by atoms with Gasteiger partial charge < -0.3 is 14.9 Å². The average Bonchev–Trinajstić information content (AvgIpc) is 3.13. The van der Waals surface area contributed by atoms with E-state index in [0.717, 1.165) is 4.90 Å². The number of hydrogen-bond donors (Lipinski definition) is 2. The first-order valence-electron chi connectivity index (χ1n) is 11.6. The van der Waals surface area contributed by atoms with Gasteiger partial charge in [-0.25, -0.2) is 4.39 Å². The molecule has 4 rings (SSSR count). The maximum absolute atomic E-state index is 15.2. The maximum atomic E-state index is 15.2. The van der Waals surface area contributed by atoms with Crippen LogP contribution in [-0.2, 0) is 11.2 Å². The molecule has 0 saturated carbocycles. The molecule has 0 aliphatic carbocycles. The molecular weight excluding hydrogens is 465 g/mol. The zero-order chi connectivity index (χ0) is 25.8. The Morgan fingerprint density at radius 2 is 1.53 bits per heavy atom. The predicted octanol–water partition coefficient (Wildman–Crippen LogP) is 4.18. The molecule has 0 radical (unpaired) electrons. The summed E-state index contributed by atoms with van der Waals surface area (Å²) in [6.07, 6.45) is -1.19. The van der Waals surface area contributed by atoms with Crippen LogP contribution in [-0.4, -0.2) is 52.7 Å². The Morgan fingerprint density at radius 3 is 2.11 bits per heavy atom. The number of aliphatic hydroxyl groups excluding tert-OH is 1. The maximum Gasteiger partial charge on any atom is 0.309 e. The van der Waals surface area contributed by atoms with Crippen molar-refractivity contribution < 1.29 is 33.7 Å². The molecule has 0 aromatic heterocycles. The van der Waals surface area contributed by atoms with E-state index in [9.17, 15) is 24.6 Å². The molecule has 7 nitrogen and oxygen atoms in total. The van der Waals surface area contributed by atoms with E-state index in [1.165, 1.54) is 7.11 Å². The number of methoxy groups -OCH3 is 1. The van der Waals surface area contributed by atoms with Gasteiger partial charge in [-0.05, 0) is 42.5 Å². The largest absolute Gasteiger partial charge is 0.493 e. The average molecular weight is 492 g/mol. The highest BCUT2D eigenvalue weighted by Crippen LogP contribution is 2.33. The van der Waals surface area contributed by atoms with Crippen molar-refractivity contribution in [3.05, 3.63) is 89.2 Å². The molecule has 2 atom stereocenters. The molecular formula is C28H26FNO6. The summed E-state index contributed by atoms with van der Waals surface area (Å²) >= 11 is 0. The number of aliphatic carboxylic acids is 1. The first-order chi connectivity index (χ1) is 17.3. The lowest BCUT2D eigenvalue weighted by Crippen LogP contribution is -2.36. The molecule has 2 unspecified atom stereocenters. The van der Waals surface area contributed by atoms with Gasteiger partial charge in [0.15, 0.2) is 11.6 Å². The third-order valence-corrected chi connectivity index (χ3v) is 6.50. The monoisotopic (exact) mass is 491 g/mol. The Bertz CT molecular complexity index is 1260. The molecule has 3 aromatic carbocycles. The number of ether oxygens (including phenoxy) is 1. The highest BCUT2D eigenvalue weighted by Gasteiger charge is 2.36. The van der Waals surface area contributed by atoms with Crippen molar-refractivity contribution in [2.24, 2.45) is 5.92 Å². The number of rotatable bonds is 10. The molecule has 0 bridgehead atoms. The zero-order valence-electron chi connectivity index (χ0n) is 19.7. The molecule has 3 aromatic rings. The van der Waals surface area contributed by atoms with Crippen LogP contribution in [0.3, 0.4) is 0 Å². The van der Waals surface area contributed by atoms with Crippen molar-refractivity contribution in [1.82, 2.24) is 4.90 Å². The third kappa shape index (κ3) is 4.85. The minimum Gasteiger partial charge on any atom is -0.493 e. The second-order valence-corrected chi connectivity index (χ2v) is 8.63. The summed E-state index contributed by atoms with van der Waals surface area (Å²) in [4.78, 5) is 38.0. The van der Waals surface area contributed by atoms with Crippen LogP contribution in [0.1, 0.15) is 39.1 Å². The van der Waals surface area contributed by atoms with Crippen LogP contribution in [0.2, 0.25) is 0 Å². The summed E-state index contributed by atoms with van der Waals surface area (Å²) in [5, 5.41) is 20.4. The Kier molecular flexibility index (Phi) is 7.45. The van der Waals surface area contributed by atoms with Gasteiger partial charge in [0.2, 0.25) is 0 Å². The van der Waals surface area contributed by atoms with Crippen LogP contribution < -0.4 is 4.74 Å². The lowest BCUT2D eigenvalue weighted by Gasteiger charge is -2.22. The van der Waals surface area contributed by atoms with E-state index in [-0.39, 0.29) is 42.7 Å². The molecule has 0 spiro atoms. The number of carbonyl (C=O) groups excluding carboxylic acids is 2. The van der Waals surface area contributed by atoms with E-state index >= 15 is 4.39 Å². The van der Waals surface area contributed by atoms with Crippen LogP contribution in [0.5, 0.6) is 5.75 Å². The number of carbonyl (C=O) groups is 3. The van der Waals surface area contributed by atoms with Gasteiger partial charge in [0, 0.05) is 12.1 Å².